The number of aliphatic hydroxyl groups excluding tert-OH is 1. The summed E-state index contributed by atoms with van der Waals surface area (Å²) in [6, 6.07) is 7.87. The molecule has 3 aromatic heterocycles. The second-order valence-electron chi connectivity index (χ2n) is 6.29. The smallest absolute Gasteiger partial charge is 0.275 e. The van der Waals surface area contributed by atoms with E-state index in [1.54, 1.807) is 36.0 Å². The highest BCUT2D eigenvalue weighted by atomic mass is 35.5. The summed E-state index contributed by atoms with van der Waals surface area (Å²) in [7, 11) is 0. The number of hydrogen-bond acceptors (Lipinski definition) is 4. The minimum atomic E-state index is -0.617. The molecule has 0 amide bonds. The fraction of sp³-hybridized carbons (Fsp3) is 0.158. The Kier molecular flexibility index (Phi) is 4.55. The fourth-order valence-electron chi connectivity index (χ4n) is 2.99. The number of hydrogen-bond donors (Lipinski definition) is 1. The number of halogens is 2. The van der Waals surface area contributed by atoms with Gasteiger partial charge >= 0.3 is 0 Å². The topological polar surface area (TPSA) is 72.6 Å². The molecule has 7 nitrogen and oxygen atoms in total. The summed E-state index contributed by atoms with van der Waals surface area (Å²) in [6.07, 6.45) is 2.42. The molecule has 0 aliphatic heterocycles. The van der Waals surface area contributed by atoms with Gasteiger partial charge in [-0.1, -0.05) is 23.3 Å². The number of rotatable bonds is 4. The van der Waals surface area contributed by atoms with Crippen LogP contribution >= 0.6 is 11.6 Å². The molecule has 4 rings (SSSR count). The van der Waals surface area contributed by atoms with Gasteiger partial charge in [0.2, 0.25) is 5.65 Å². The van der Waals surface area contributed by atoms with Crippen molar-refractivity contribution in [2.75, 3.05) is 0 Å². The molecule has 0 aliphatic rings. The summed E-state index contributed by atoms with van der Waals surface area (Å²) in [6.45, 7) is 9.22. The predicted octanol–water partition coefficient (Wildman–Crippen LogP) is 3.98. The molecular weight excluding hydrogens is 383 g/mol. The van der Waals surface area contributed by atoms with Gasteiger partial charge in [-0.15, -0.1) is 4.52 Å². The van der Waals surface area contributed by atoms with Gasteiger partial charge in [0.05, 0.1) is 35.0 Å². The lowest BCUT2D eigenvalue weighted by molar-refractivity contribution is 0.174. The van der Waals surface area contributed by atoms with Gasteiger partial charge in [0.15, 0.2) is 0 Å². The van der Waals surface area contributed by atoms with Crippen LogP contribution in [0.5, 0.6) is 0 Å². The van der Waals surface area contributed by atoms with Crippen molar-refractivity contribution < 1.29 is 9.50 Å². The highest BCUT2D eigenvalue weighted by Gasteiger charge is 2.20. The van der Waals surface area contributed by atoms with Crippen LogP contribution in [0, 0.1) is 12.4 Å². The zero-order valence-electron chi connectivity index (χ0n) is 14.7. The molecule has 28 heavy (non-hydrogen) atoms. The Hall–Kier alpha value is -3.28. The number of benzene rings is 1. The Morgan fingerprint density at radius 1 is 1.29 bits per heavy atom. The minimum absolute atomic E-state index is 0.0122. The van der Waals surface area contributed by atoms with Gasteiger partial charge in [-0.3, -0.25) is 0 Å². The standard InChI is InChI=1S/C19H14ClFN6O/c1-11(28)9-26-10-24-18(12-3-4-14(21)13(20)7-12)19(26)15-5-6-16-23-8-17(22-2)27(16)25-15/h3-8,10-11,28H,9H2,1H3. The molecule has 1 N–H and O–H groups in total. The first kappa shape index (κ1) is 18.1. The van der Waals surface area contributed by atoms with E-state index in [1.807, 2.05) is 0 Å². The molecule has 0 saturated carbocycles. The number of fused-ring (bicyclic) bond motifs is 1. The molecule has 9 heteroatoms. The molecule has 140 valence electrons. The van der Waals surface area contributed by atoms with Crippen molar-refractivity contribution in [1.82, 2.24) is 24.1 Å². The van der Waals surface area contributed by atoms with E-state index in [0.29, 0.717) is 28.3 Å². The Labute approximate surface area is 164 Å². The van der Waals surface area contributed by atoms with E-state index in [4.69, 9.17) is 18.2 Å². The lowest BCUT2D eigenvalue weighted by atomic mass is 10.1. The number of aliphatic hydroxyl groups is 1. The predicted molar refractivity (Wildman–Crippen MR) is 103 cm³/mol. The van der Waals surface area contributed by atoms with E-state index in [-0.39, 0.29) is 17.4 Å². The number of nitrogens with zero attached hydrogens (tertiary/aromatic N) is 6. The van der Waals surface area contributed by atoms with Crippen LogP contribution in [-0.2, 0) is 6.54 Å². The van der Waals surface area contributed by atoms with E-state index in [2.05, 4.69) is 19.9 Å². The van der Waals surface area contributed by atoms with Crippen LogP contribution in [0.15, 0.2) is 42.9 Å². The molecule has 4 aromatic rings. The van der Waals surface area contributed by atoms with Crippen molar-refractivity contribution in [3.8, 4) is 22.6 Å². The van der Waals surface area contributed by atoms with Crippen molar-refractivity contribution in [2.24, 2.45) is 0 Å². The highest BCUT2D eigenvalue weighted by molar-refractivity contribution is 6.31. The van der Waals surface area contributed by atoms with Gasteiger partial charge in [-0.05, 0) is 31.2 Å². The summed E-state index contributed by atoms with van der Waals surface area (Å²) < 4.78 is 16.8. The number of aromatic nitrogens is 5. The average molecular weight is 397 g/mol. The first-order chi connectivity index (χ1) is 13.5. The highest BCUT2D eigenvalue weighted by Crippen LogP contribution is 2.33. The van der Waals surface area contributed by atoms with E-state index in [1.165, 1.54) is 22.8 Å². The molecule has 0 spiro atoms. The molecule has 1 atom stereocenters. The second kappa shape index (κ2) is 7.03. The fourth-order valence-corrected chi connectivity index (χ4v) is 3.17. The Bertz CT molecular complexity index is 1220. The molecule has 0 radical (unpaired) electrons. The van der Waals surface area contributed by atoms with Crippen LogP contribution in [0.4, 0.5) is 10.2 Å². The van der Waals surface area contributed by atoms with E-state index >= 15 is 0 Å². The lowest BCUT2D eigenvalue weighted by Gasteiger charge is -2.11. The molecule has 0 fully saturated rings. The maximum absolute atomic E-state index is 13.6. The second-order valence-corrected chi connectivity index (χ2v) is 6.70. The van der Waals surface area contributed by atoms with Gasteiger partial charge in [0.1, 0.15) is 11.5 Å². The van der Waals surface area contributed by atoms with Crippen LogP contribution < -0.4 is 0 Å². The van der Waals surface area contributed by atoms with Crippen molar-refractivity contribution in [1.29, 1.82) is 0 Å². The summed E-state index contributed by atoms with van der Waals surface area (Å²) in [5, 5.41) is 14.4. The molecule has 3 heterocycles. The largest absolute Gasteiger partial charge is 0.392 e. The van der Waals surface area contributed by atoms with E-state index < -0.39 is 11.9 Å². The van der Waals surface area contributed by atoms with Crippen molar-refractivity contribution >= 4 is 23.1 Å². The third kappa shape index (κ3) is 3.11. The molecule has 0 bridgehead atoms. The van der Waals surface area contributed by atoms with Crippen LogP contribution in [-0.4, -0.2) is 35.4 Å². The van der Waals surface area contributed by atoms with Gasteiger partial charge in [-0.25, -0.2) is 14.4 Å². The summed E-state index contributed by atoms with van der Waals surface area (Å²) in [5.41, 5.74) is 2.85. The van der Waals surface area contributed by atoms with Crippen LogP contribution in [0.3, 0.4) is 0 Å². The minimum Gasteiger partial charge on any atom is -0.392 e. The monoisotopic (exact) mass is 396 g/mol. The third-order valence-corrected chi connectivity index (χ3v) is 4.48. The SMILES string of the molecule is [C-]#[N+]c1cnc2ccc(-c3c(-c4ccc(F)c(Cl)c4)ncn3CC(C)O)nn12. The molecule has 0 saturated heterocycles. The van der Waals surface area contributed by atoms with Crippen molar-refractivity contribution in [2.45, 2.75) is 19.6 Å². The van der Waals surface area contributed by atoms with Crippen LogP contribution in [0.25, 0.3) is 33.1 Å². The Morgan fingerprint density at radius 2 is 2.11 bits per heavy atom. The normalized spacial score (nSPS) is 12.2. The molecular formula is C19H14ClFN6O. The zero-order valence-corrected chi connectivity index (χ0v) is 15.5. The first-order valence-electron chi connectivity index (χ1n) is 8.39. The molecule has 0 aliphatic carbocycles. The summed E-state index contributed by atoms with van der Waals surface area (Å²) in [5.74, 6) is -0.236. The van der Waals surface area contributed by atoms with Gasteiger partial charge in [0, 0.05) is 18.2 Å². The zero-order chi connectivity index (χ0) is 19.8. The Morgan fingerprint density at radius 3 is 2.82 bits per heavy atom. The van der Waals surface area contributed by atoms with E-state index in [9.17, 15) is 9.50 Å². The maximum Gasteiger partial charge on any atom is 0.275 e. The molecule has 1 aromatic carbocycles. The first-order valence-corrected chi connectivity index (χ1v) is 8.77. The summed E-state index contributed by atoms with van der Waals surface area (Å²) >= 11 is 5.95. The average Bonchev–Trinajstić information content (AvgIpc) is 3.26. The summed E-state index contributed by atoms with van der Waals surface area (Å²) in [4.78, 5) is 12.0. The van der Waals surface area contributed by atoms with Crippen molar-refractivity contribution in [3.63, 3.8) is 0 Å². The third-order valence-electron chi connectivity index (χ3n) is 4.19. The van der Waals surface area contributed by atoms with Gasteiger partial charge < -0.3 is 14.5 Å². The van der Waals surface area contributed by atoms with E-state index in [0.717, 1.165) is 0 Å². The van der Waals surface area contributed by atoms with Crippen LogP contribution in [0.1, 0.15) is 6.92 Å². The van der Waals surface area contributed by atoms with Gasteiger partial charge in [-0.2, -0.15) is 0 Å². The maximum atomic E-state index is 13.6. The van der Waals surface area contributed by atoms with Gasteiger partial charge in [0.25, 0.3) is 5.82 Å². The van der Waals surface area contributed by atoms with Crippen LogP contribution in [0.2, 0.25) is 5.02 Å². The molecule has 1 unspecified atom stereocenters. The Balaban J connectivity index is 1.94. The quantitative estimate of drug-likeness (QED) is 0.529. The van der Waals surface area contributed by atoms with Crippen molar-refractivity contribution in [3.05, 3.63) is 65.1 Å². The number of imidazole rings is 2. The lowest BCUT2D eigenvalue weighted by Crippen LogP contribution is -2.12.